The second-order valence-electron chi connectivity index (χ2n) is 6.99. The number of rotatable bonds is 7. The number of amides is 2. The molecule has 28 heavy (non-hydrogen) atoms. The molecule has 2 heterocycles. The third-order valence-electron chi connectivity index (χ3n) is 5.01. The maximum atomic E-state index is 12.6. The Morgan fingerprint density at radius 2 is 2.11 bits per heavy atom. The van der Waals surface area contributed by atoms with Gasteiger partial charge in [-0.2, -0.15) is 0 Å². The first-order valence-corrected chi connectivity index (χ1v) is 9.88. The van der Waals surface area contributed by atoms with E-state index in [4.69, 9.17) is 20.8 Å². The van der Waals surface area contributed by atoms with Crippen molar-refractivity contribution in [1.82, 2.24) is 10.2 Å². The number of hydrogen-bond donors (Lipinski definition) is 1. The largest absolute Gasteiger partial charge is 0.468 e. The summed E-state index contributed by atoms with van der Waals surface area (Å²) in [6, 6.07) is 10.7. The molecule has 0 spiro atoms. The summed E-state index contributed by atoms with van der Waals surface area (Å²) in [5, 5.41) is 3.57. The molecule has 6 nitrogen and oxygen atoms in total. The minimum atomic E-state index is -0.129. The number of methoxy groups -OCH3 is 1. The Labute approximate surface area is 169 Å². The molecule has 1 N–H and O–H groups in total. The van der Waals surface area contributed by atoms with Crippen molar-refractivity contribution in [3.8, 4) is 5.95 Å². The quantitative estimate of drug-likeness (QED) is 0.759. The van der Waals surface area contributed by atoms with Crippen molar-refractivity contribution >= 4 is 23.4 Å². The zero-order chi connectivity index (χ0) is 19.9. The number of furan rings is 1. The van der Waals surface area contributed by atoms with Crippen LogP contribution in [0.2, 0.25) is 5.02 Å². The van der Waals surface area contributed by atoms with E-state index in [1.165, 1.54) is 7.11 Å². The molecule has 0 aliphatic carbocycles. The Bertz CT molecular complexity index is 820. The van der Waals surface area contributed by atoms with E-state index in [2.05, 4.69) is 5.32 Å². The van der Waals surface area contributed by atoms with Crippen LogP contribution in [0.1, 0.15) is 41.8 Å². The lowest BCUT2D eigenvalue weighted by atomic mass is 9.93. The molecule has 0 saturated carbocycles. The van der Waals surface area contributed by atoms with Gasteiger partial charge >= 0.3 is 0 Å². The van der Waals surface area contributed by atoms with Gasteiger partial charge in [0.25, 0.3) is 11.9 Å². The van der Waals surface area contributed by atoms with Crippen molar-refractivity contribution in [2.45, 2.75) is 32.2 Å². The van der Waals surface area contributed by atoms with Crippen LogP contribution in [0.4, 0.5) is 0 Å². The van der Waals surface area contributed by atoms with E-state index in [9.17, 15) is 9.59 Å². The van der Waals surface area contributed by atoms with Crippen molar-refractivity contribution in [1.29, 1.82) is 0 Å². The fourth-order valence-corrected chi connectivity index (χ4v) is 3.65. The normalized spacial score (nSPS) is 16.6. The predicted octanol–water partition coefficient (Wildman–Crippen LogP) is 3.89. The van der Waals surface area contributed by atoms with Gasteiger partial charge < -0.3 is 19.4 Å². The molecular formula is C21H25ClN2O4. The highest BCUT2D eigenvalue weighted by atomic mass is 35.5. The highest BCUT2D eigenvalue weighted by Crippen LogP contribution is 2.24. The Hall–Kier alpha value is -2.47. The van der Waals surface area contributed by atoms with Crippen molar-refractivity contribution in [2.75, 3.05) is 20.2 Å². The summed E-state index contributed by atoms with van der Waals surface area (Å²) in [6.45, 7) is 1.77. The number of nitrogens with one attached hydrogen (secondary N) is 1. The van der Waals surface area contributed by atoms with Gasteiger partial charge in [0.1, 0.15) is 0 Å². The fourth-order valence-electron chi connectivity index (χ4n) is 3.44. The molecule has 1 aromatic heterocycles. The molecule has 1 aliphatic rings. The maximum Gasteiger partial charge on any atom is 0.289 e. The lowest BCUT2D eigenvalue weighted by Gasteiger charge is -2.32. The van der Waals surface area contributed by atoms with Crippen LogP contribution < -0.4 is 10.1 Å². The molecule has 2 aromatic rings. The molecule has 1 saturated heterocycles. The minimum absolute atomic E-state index is 0.000796. The summed E-state index contributed by atoms with van der Waals surface area (Å²) >= 11 is 6.11. The number of carbonyl (C=O) groups excluding carboxylic acids is 2. The number of carbonyl (C=O) groups is 2. The zero-order valence-electron chi connectivity index (χ0n) is 15.9. The van der Waals surface area contributed by atoms with E-state index in [1.54, 1.807) is 17.0 Å². The smallest absolute Gasteiger partial charge is 0.289 e. The van der Waals surface area contributed by atoms with Gasteiger partial charge in [-0.05, 0) is 42.9 Å². The molecule has 150 valence electrons. The van der Waals surface area contributed by atoms with E-state index >= 15 is 0 Å². The third kappa shape index (κ3) is 5.29. The van der Waals surface area contributed by atoms with Crippen LogP contribution in [0.5, 0.6) is 5.95 Å². The van der Waals surface area contributed by atoms with Crippen LogP contribution >= 0.6 is 11.6 Å². The van der Waals surface area contributed by atoms with Crippen LogP contribution in [0.3, 0.4) is 0 Å². The number of nitrogens with zero attached hydrogens (tertiary/aromatic N) is 1. The molecule has 1 aromatic carbocycles. The molecule has 0 radical (unpaired) electrons. The first-order valence-electron chi connectivity index (χ1n) is 9.50. The predicted molar refractivity (Wildman–Crippen MR) is 106 cm³/mol. The average Bonchev–Trinajstić information content (AvgIpc) is 3.20. The second kappa shape index (κ2) is 9.64. The molecule has 0 bridgehead atoms. The average molecular weight is 405 g/mol. The number of likely N-dealkylation sites (tertiary alicyclic amines) is 1. The van der Waals surface area contributed by atoms with Crippen molar-refractivity contribution < 1.29 is 18.7 Å². The molecule has 1 atom stereocenters. The lowest BCUT2D eigenvalue weighted by molar-refractivity contribution is -0.121. The van der Waals surface area contributed by atoms with Gasteiger partial charge in [-0.25, -0.2) is 0 Å². The SMILES string of the molecule is COc1ccc(C(=O)N2CCCC(CCC(=O)NCc3ccccc3Cl)C2)o1. The van der Waals surface area contributed by atoms with Gasteiger partial charge in [0.05, 0.1) is 7.11 Å². The van der Waals surface area contributed by atoms with Crippen LogP contribution in [-0.2, 0) is 11.3 Å². The molecule has 1 aliphatic heterocycles. The Balaban J connectivity index is 1.45. The van der Waals surface area contributed by atoms with Crippen molar-refractivity contribution in [3.63, 3.8) is 0 Å². The first-order chi connectivity index (χ1) is 13.6. The van der Waals surface area contributed by atoms with E-state index in [-0.39, 0.29) is 17.6 Å². The van der Waals surface area contributed by atoms with Crippen LogP contribution in [0.25, 0.3) is 0 Å². The molecular weight excluding hydrogens is 380 g/mol. The summed E-state index contributed by atoms with van der Waals surface area (Å²) in [6.07, 6.45) is 3.13. The zero-order valence-corrected chi connectivity index (χ0v) is 16.7. The highest BCUT2D eigenvalue weighted by molar-refractivity contribution is 6.31. The fraction of sp³-hybridized carbons (Fsp3) is 0.429. The van der Waals surface area contributed by atoms with Crippen LogP contribution in [0, 0.1) is 5.92 Å². The lowest BCUT2D eigenvalue weighted by Crippen LogP contribution is -2.40. The van der Waals surface area contributed by atoms with Crippen molar-refractivity contribution in [2.24, 2.45) is 5.92 Å². The Kier molecular flexibility index (Phi) is 6.98. The Morgan fingerprint density at radius 3 is 2.86 bits per heavy atom. The monoisotopic (exact) mass is 404 g/mol. The van der Waals surface area contributed by atoms with E-state index in [0.29, 0.717) is 42.9 Å². The number of ether oxygens (including phenoxy) is 1. The van der Waals surface area contributed by atoms with Gasteiger partial charge in [-0.3, -0.25) is 9.59 Å². The van der Waals surface area contributed by atoms with Gasteiger partial charge in [-0.1, -0.05) is 29.8 Å². The molecule has 7 heteroatoms. The summed E-state index contributed by atoms with van der Waals surface area (Å²) < 4.78 is 10.4. The molecule has 2 amide bonds. The summed E-state index contributed by atoms with van der Waals surface area (Å²) in [4.78, 5) is 26.6. The molecule has 1 fully saturated rings. The highest BCUT2D eigenvalue weighted by Gasteiger charge is 2.26. The number of hydrogen-bond acceptors (Lipinski definition) is 4. The van der Waals surface area contributed by atoms with Crippen LogP contribution in [-0.4, -0.2) is 36.9 Å². The van der Waals surface area contributed by atoms with Gasteiger partial charge in [0, 0.05) is 37.1 Å². The Morgan fingerprint density at radius 1 is 1.29 bits per heavy atom. The second-order valence-corrected chi connectivity index (χ2v) is 7.40. The number of benzene rings is 1. The topological polar surface area (TPSA) is 71.8 Å². The van der Waals surface area contributed by atoms with E-state index in [0.717, 1.165) is 24.8 Å². The first kappa shape index (κ1) is 20.3. The third-order valence-corrected chi connectivity index (χ3v) is 5.38. The minimum Gasteiger partial charge on any atom is -0.468 e. The summed E-state index contributed by atoms with van der Waals surface area (Å²) in [5.74, 6) is 0.790. The van der Waals surface area contributed by atoms with E-state index < -0.39 is 0 Å². The number of halogens is 1. The molecule has 3 rings (SSSR count). The van der Waals surface area contributed by atoms with Crippen molar-refractivity contribution in [3.05, 3.63) is 52.7 Å². The van der Waals surface area contributed by atoms with E-state index in [1.807, 2.05) is 24.3 Å². The number of piperidine rings is 1. The van der Waals surface area contributed by atoms with Gasteiger partial charge in [0.15, 0.2) is 5.76 Å². The molecule has 1 unspecified atom stereocenters. The van der Waals surface area contributed by atoms with Crippen LogP contribution in [0.15, 0.2) is 40.8 Å². The summed E-state index contributed by atoms with van der Waals surface area (Å²) in [7, 11) is 1.50. The van der Waals surface area contributed by atoms with Gasteiger partial charge in [0.2, 0.25) is 5.91 Å². The standard InChI is InChI=1S/C21H25ClN2O4/c1-27-20-11-9-18(28-20)21(26)24-12-4-5-15(14-24)8-10-19(25)23-13-16-6-2-3-7-17(16)22/h2-3,6-7,9,11,15H,4-5,8,10,12-14H2,1H3,(H,23,25). The van der Waals surface area contributed by atoms with Gasteiger partial charge in [-0.15, -0.1) is 0 Å². The maximum absolute atomic E-state index is 12.6. The summed E-state index contributed by atoms with van der Waals surface area (Å²) in [5.41, 5.74) is 0.904.